The molecular weight excluding hydrogens is 386 g/mol. The third-order valence-corrected chi connectivity index (χ3v) is 4.98. The molecule has 2 aromatic carbocycles. The maximum absolute atomic E-state index is 12.9. The normalized spacial score (nSPS) is 14.3. The summed E-state index contributed by atoms with van der Waals surface area (Å²) in [5.74, 6) is 2.58. The highest BCUT2D eigenvalue weighted by Crippen LogP contribution is 2.35. The van der Waals surface area contributed by atoms with Crippen LogP contribution >= 0.6 is 0 Å². The predicted molar refractivity (Wildman–Crippen MR) is 108 cm³/mol. The van der Waals surface area contributed by atoms with Gasteiger partial charge in [0.25, 0.3) is 5.91 Å². The Labute approximate surface area is 173 Å². The van der Waals surface area contributed by atoms with E-state index in [2.05, 4.69) is 10.4 Å². The third kappa shape index (κ3) is 3.52. The summed E-state index contributed by atoms with van der Waals surface area (Å²) < 4.78 is 23.8. The van der Waals surface area contributed by atoms with Crippen molar-refractivity contribution in [3.05, 3.63) is 53.7 Å². The van der Waals surface area contributed by atoms with Gasteiger partial charge in [-0.1, -0.05) is 6.07 Å². The van der Waals surface area contributed by atoms with Gasteiger partial charge in [-0.25, -0.2) is 0 Å². The first-order valence-corrected chi connectivity index (χ1v) is 9.78. The second-order valence-electron chi connectivity index (χ2n) is 7.15. The average molecular weight is 407 g/mol. The lowest BCUT2D eigenvalue weighted by atomic mass is 10.1. The Kier molecular flexibility index (Phi) is 4.66. The van der Waals surface area contributed by atoms with Gasteiger partial charge in [-0.2, -0.15) is 5.10 Å². The van der Waals surface area contributed by atoms with Gasteiger partial charge in [-0.15, -0.1) is 0 Å². The molecule has 0 radical (unpaired) electrons. The Balaban J connectivity index is 1.37. The van der Waals surface area contributed by atoms with Gasteiger partial charge in [-0.3, -0.25) is 9.48 Å². The monoisotopic (exact) mass is 407 g/mol. The molecule has 0 atom stereocenters. The number of hydrogen-bond acceptors (Lipinski definition) is 6. The molecule has 3 heterocycles. The maximum Gasteiger partial charge on any atom is 0.255 e. The van der Waals surface area contributed by atoms with Crippen LogP contribution in [-0.4, -0.2) is 35.7 Å². The predicted octanol–water partition coefficient (Wildman–Crippen LogP) is 2.91. The number of aromatic nitrogens is 2. The molecule has 1 amide bonds. The molecule has 0 spiro atoms. The van der Waals surface area contributed by atoms with Crippen LogP contribution in [0.15, 0.2) is 42.6 Å². The Hall–Kier alpha value is -3.68. The van der Waals surface area contributed by atoms with Crippen LogP contribution in [0.25, 0.3) is 11.3 Å². The van der Waals surface area contributed by atoms with E-state index in [1.165, 1.54) is 0 Å². The lowest BCUT2D eigenvalue weighted by molar-refractivity contribution is 0.0951. The van der Waals surface area contributed by atoms with Crippen molar-refractivity contribution in [2.45, 2.75) is 13.0 Å². The minimum Gasteiger partial charge on any atom is -0.490 e. The van der Waals surface area contributed by atoms with Gasteiger partial charge in [0.2, 0.25) is 6.79 Å². The lowest BCUT2D eigenvalue weighted by Gasteiger charge is -2.10. The molecule has 0 saturated heterocycles. The molecule has 0 bridgehead atoms. The van der Waals surface area contributed by atoms with E-state index in [9.17, 15) is 4.79 Å². The van der Waals surface area contributed by atoms with Gasteiger partial charge in [0, 0.05) is 31.8 Å². The lowest BCUT2D eigenvalue weighted by Crippen LogP contribution is -2.23. The van der Waals surface area contributed by atoms with Gasteiger partial charge in [-0.05, 0) is 35.9 Å². The van der Waals surface area contributed by atoms with Crippen LogP contribution in [0.3, 0.4) is 0 Å². The van der Waals surface area contributed by atoms with E-state index in [1.807, 2.05) is 36.4 Å². The van der Waals surface area contributed by atoms with Crippen molar-refractivity contribution in [3.8, 4) is 34.3 Å². The van der Waals surface area contributed by atoms with Gasteiger partial charge >= 0.3 is 0 Å². The number of rotatable bonds is 4. The van der Waals surface area contributed by atoms with Crippen LogP contribution in [0, 0.1) is 0 Å². The number of carbonyl (C=O) groups is 1. The fourth-order valence-electron chi connectivity index (χ4n) is 3.51. The summed E-state index contributed by atoms with van der Waals surface area (Å²) in [4.78, 5) is 12.9. The molecule has 8 heteroatoms. The summed E-state index contributed by atoms with van der Waals surface area (Å²) in [5.41, 5.74) is 2.81. The van der Waals surface area contributed by atoms with E-state index in [0.717, 1.165) is 17.5 Å². The van der Waals surface area contributed by atoms with E-state index in [0.29, 0.717) is 54.0 Å². The zero-order chi connectivity index (χ0) is 20.5. The molecule has 5 rings (SSSR count). The van der Waals surface area contributed by atoms with E-state index in [4.69, 9.17) is 18.9 Å². The Bertz CT molecular complexity index is 1110. The molecule has 0 unspecified atom stereocenters. The molecule has 3 aromatic rings. The van der Waals surface area contributed by atoms with Crippen molar-refractivity contribution in [1.29, 1.82) is 0 Å². The van der Waals surface area contributed by atoms with Crippen molar-refractivity contribution in [2.24, 2.45) is 7.05 Å². The third-order valence-electron chi connectivity index (χ3n) is 4.98. The van der Waals surface area contributed by atoms with Crippen molar-refractivity contribution in [2.75, 3.05) is 20.0 Å². The Morgan fingerprint density at radius 2 is 1.73 bits per heavy atom. The highest BCUT2D eigenvalue weighted by molar-refractivity contribution is 5.99. The molecule has 8 nitrogen and oxygen atoms in total. The van der Waals surface area contributed by atoms with E-state index in [1.54, 1.807) is 17.9 Å². The number of aryl methyl sites for hydroxylation is 1. The molecule has 0 fully saturated rings. The summed E-state index contributed by atoms with van der Waals surface area (Å²) in [5, 5.41) is 7.46. The topological polar surface area (TPSA) is 83.8 Å². The molecule has 30 heavy (non-hydrogen) atoms. The number of carbonyl (C=O) groups excluding carboxylic acids is 1. The van der Waals surface area contributed by atoms with Crippen molar-refractivity contribution in [1.82, 2.24) is 15.1 Å². The molecule has 1 N–H and O–H groups in total. The van der Waals surface area contributed by atoms with E-state index in [-0.39, 0.29) is 12.7 Å². The number of nitrogens with zero attached hydrogens (tertiary/aromatic N) is 2. The Morgan fingerprint density at radius 1 is 1.00 bits per heavy atom. The number of benzene rings is 2. The minimum absolute atomic E-state index is 0.206. The minimum atomic E-state index is -0.206. The average Bonchev–Trinajstić information content (AvgIpc) is 3.31. The van der Waals surface area contributed by atoms with Crippen LogP contribution in [0.1, 0.15) is 22.3 Å². The van der Waals surface area contributed by atoms with Crippen LogP contribution < -0.4 is 24.3 Å². The first-order chi connectivity index (χ1) is 14.7. The highest BCUT2D eigenvalue weighted by atomic mass is 16.7. The van der Waals surface area contributed by atoms with Crippen LogP contribution in [0.5, 0.6) is 23.0 Å². The summed E-state index contributed by atoms with van der Waals surface area (Å²) in [6.45, 7) is 1.82. The molecule has 2 aliphatic heterocycles. The zero-order valence-electron chi connectivity index (χ0n) is 16.5. The summed E-state index contributed by atoms with van der Waals surface area (Å²) in [7, 11) is 1.79. The standard InChI is InChI=1S/C22H21N3O5/c1-25-12-16(22(26)23-11-14-3-5-18-19(9-14)30-13-29-18)21(24-25)15-4-6-17-20(10-15)28-8-2-7-27-17/h3-6,9-10,12H,2,7-8,11,13H2,1H3,(H,23,26). The molecule has 0 aliphatic carbocycles. The van der Waals surface area contributed by atoms with Gasteiger partial charge in [0.15, 0.2) is 23.0 Å². The second-order valence-corrected chi connectivity index (χ2v) is 7.15. The highest BCUT2D eigenvalue weighted by Gasteiger charge is 2.20. The summed E-state index contributed by atoms with van der Waals surface area (Å²) in [6.07, 6.45) is 2.55. The van der Waals surface area contributed by atoms with Gasteiger partial charge in [0.1, 0.15) is 5.69 Å². The second kappa shape index (κ2) is 7.62. The first kappa shape index (κ1) is 18.4. The zero-order valence-corrected chi connectivity index (χ0v) is 16.5. The number of nitrogens with one attached hydrogen (secondary N) is 1. The number of ether oxygens (including phenoxy) is 4. The quantitative estimate of drug-likeness (QED) is 0.716. The summed E-state index contributed by atoms with van der Waals surface area (Å²) in [6, 6.07) is 11.2. The summed E-state index contributed by atoms with van der Waals surface area (Å²) >= 11 is 0. The Morgan fingerprint density at radius 3 is 2.63 bits per heavy atom. The fraction of sp³-hybridized carbons (Fsp3) is 0.273. The number of fused-ring (bicyclic) bond motifs is 2. The smallest absolute Gasteiger partial charge is 0.255 e. The van der Waals surface area contributed by atoms with Crippen LogP contribution in [-0.2, 0) is 13.6 Å². The van der Waals surface area contributed by atoms with E-state index < -0.39 is 0 Å². The molecule has 0 saturated carbocycles. The largest absolute Gasteiger partial charge is 0.490 e. The van der Waals surface area contributed by atoms with Crippen molar-refractivity contribution in [3.63, 3.8) is 0 Å². The van der Waals surface area contributed by atoms with E-state index >= 15 is 0 Å². The van der Waals surface area contributed by atoms with Gasteiger partial charge in [0.05, 0.1) is 18.8 Å². The van der Waals surface area contributed by atoms with Gasteiger partial charge < -0.3 is 24.3 Å². The van der Waals surface area contributed by atoms with Crippen molar-refractivity contribution >= 4 is 5.91 Å². The first-order valence-electron chi connectivity index (χ1n) is 9.78. The molecule has 154 valence electrons. The van der Waals surface area contributed by atoms with Crippen molar-refractivity contribution < 1.29 is 23.7 Å². The maximum atomic E-state index is 12.9. The fourth-order valence-corrected chi connectivity index (χ4v) is 3.51. The van der Waals surface area contributed by atoms with Crippen LogP contribution in [0.4, 0.5) is 0 Å². The number of amides is 1. The molecule has 2 aliphatic rings. The molecule has 1 aromatic heterocycles. The van der Waals surface area contributed by atoms with Crippen LogP contribution in [0.2, 0.25) is 0 Å². The SMILES string of the molecule is Cn1cc(C(=O)NCc2ccc3c(c2)OCO3)c(-c2ccc3c(c2)OCCCO3)n1. The number of hydrogen-bond donors (Lipinski definition) is 1. The molecular formula is C22H21N3O5.